The van der Waals surface area contributed by atoms with E-state index in [0.717, 1.165) is 16.9 Å². The van der Waals surface area contributed by atoms with E-state index in [4.69, 9.17) is 23.2 Å². The highest BCUT2D eigenvalue weighted by Gasteiger charge is 2.29. The van der Waals surface area contributed by atoms with Crippen LogP contribution in [0.5, 0.6) is 0 Å². The average molecular weight is 481 g/mol. The Morgan fingerprint density at radius 2 is 1.77 bits per heavy atom. The zero-order chi connectivity index (χ0) is 22.8. The minimum Gasteiger partial charge on any atom is -0.352 e. The second-order valence-electron chi connectivity index (χ2n) is 7.41. The van der Waals surface area contributed by atoms with Crippen molar-refractivity contribution >= 4 is 46.8 Å². The number of halogens is 2. The van der Waals surface area contributed by atoms with Crippen molar-refractivity contribution in [3.63, 3.8) is 0 Å². The normalized spacial score (nSPS) is 12.8. The van der Waals surface area contributed by atoms with Crippen LogP contribution in [0, 0.1) is 0 Å². The molecule has 0 aliphatic rings. The topological polar surface area (TPSA) is 49.4 Å². The van der Waals surface area contributed by atoms with Gasteiger partial charge in [0.15, 0.2) is 0 Å². The van der Waals surface area contributed by atoms with Crippen LogP contribution in [0.4, 0.5) is 0 Å². The van der Waals surface area contributed by atoms with Gasteiger partial charge in [0.05, 0.1) is 0 Å². The Bertz CT molecular complexity index is 864. The maximum Gasteiger partial charge on any atom is 0.243 e. The highest BCUT2D eigenvalue weighted by molar-refractivity contribution is 7.99. The van der Waals surface area contributed by atoms with Crippen LogP contribution in [0.25, 0.3) is 0 Å². The molecule has 0 aromatic heterocycles. The fraction of sp³-hybridized carbons (Fsp3) is 0.417. The minimum atomic E-state index is -0.560. The van der Waals surface area contributed by atoms with E-state index >= 15 is 0 Å². The number of thioether (sulfide) groups is 1. The molecule has 2 aromatic carbocycles. The van der Waals surface area contributed by atoms with E-state index in [1.807, 2.05) is 57.2 Å². The number of nitrogens with zero attached hydrogens (tertiary/aromatic N) is 1. The van der Waals surface area contributed by atoms with E-state index in [1.165, 1.54) is 0 Å². The van der Waals surface area contributed by atoms with Gasteiger partial charge >= 0.3 is 0 Å². The zero-order valence-corrected chi connectivity index (χ0v) is 20.6. The molecule has 0 saturated heterocycles. The summed E-state index contributed by atoms with van der Waals surface area (Å²) < 4.78 is 0. The maximum atomic E-state index is 13.2. The molecule has 0 aliphatic carbocycles. The first-order chi connectivity index (χ1) is 14.8. The summed E-state index contributed by atoms with van der Waals surface area (Å²) in [5.41, 5.74) is 0.768. The lowest BCUT2D eigenvalue weighted by atomic mass is 10.1. The summed E-state index contributed by atoms with van der Waals surface area (Å²) in [5.74, 6) is 0.434. The molecular formula is C24H30Cl2N2O2S. The van der Waals surface area contributed by atoms with Gasteiger partial charge in [0.1, 0.15) is 6.04 Å². The van der Waals surface area contributed by atoms with Crippen molar-refractivity contribution in [1.29, 1.82) is 0 Å². The number of hydrogen-bond acceptors (Lipinski definition) is 3. The van der Waals surface area contributed by atoms with Crippen molar-refractivity contribution < 1.29 is 9.59 Å². The molecular weight excluding hydrogens is 451 g/mol. The van der Waals surface area contributed by atoms with Gasteiger partial charge in [-0.25, -0.2) is 0 Å². The van der Waals surface area contributed by atoms with E-state index in [0.29, 0.717) is 28.6 Å². The van der Waals surface area contributed by atoms with Gasteiger partial charge in [-0.15, -0.1) is 11.8 Å². The molecule has 168 valence electrons. The van der Waals surface area contributed by atoms with Gasteiger partial charge in [-0.2, -0.15) is 0 Å². The third-order valence-corrected chi connectivity index (χ3v) is 6.67. The van der Waals surface area contributed by atoms with Gasteiger partial charge in [0.2, 0.25) is 11.8 Å². The molecule has 2 rings (SSSR count). The fourth-order valence-corrected chi connectivity index (χ4v) is 4.44. The molecule has 0 unspecified atom stereocenters. The fourth-order valence-electron chi connectivity index (χ4n) is 3.11. The van der Waals surface area contributed by atoms with Crippen molar-refractivity contribution in [2.24, 2.45) is 0 Å². The van der Waals surface area contributed by atoms with Crippen LogP contribution in [0.2, 0.25) is 10.0 Å². The Labute approximate surface area is 199 Å². The molecule has 2 atom stereocenters. The van der Waals surface area contributed by atoms with Crippen LogP contribution < -0.4 is 5.32 Å². The lowest BCUT2D eigenvalue weighted by Crippen LogP contribution is -2.50. The molecule has 0 bridgehead atoms. The summed E-state index contributed by atoms with van der Waals surface area (Å²) >= 11 is 14.0. The Kier molecular flexibility index (Phi) is 10.7. The van der Waals surface area contributed by atoms with E-state index < -0.39 is 6.04 Å². The van der Waals surface area contributed by atoms with Gasteiger partial charge in [-0.3, -0.25) is 9.59 Å². The Morgan fingerprint density at radius 1 is 1.06 bits per heavy atom. The highest BCUT2D eigenvalue weighted by Crippen LogP contribution is 2.25. The van der Waals surface area contributed by atoms with Crippen LogP contribution >= 0.6 is 35.0 Å². The molecule has 0 heterocycles. The van der Waals surface area contributed by atoms with Crippen molar-refractivity contribution in [2.75, 3.05) is 5.75 Å². The van der Waals surface area contributed by atoms with Crippen LogP contribution in [0.15, 0.2) is 53.4 Å². The van der Waals surface area contributed by atoms with Crippen LogP contribution in [0.1, 0.15) is 45.6 Å². The average Bonchev–Trinajstić information content (AvgIpc) is 2.75. The quantitative estimate of drug-likeness (QED) is 0.389. The molecule has 7 heteroatoms. The molecule has 0 spiro atoms. The van der Waals surface area contributed by atoms with Gasteiger partial charge in [-0.05, 0) is 49.6 Å². The first-order valence-electron chi connectivity index (χ1n) is 10.6. The monoisotopic (exact) mass is 480 g/mol. The predicted molar refractivity (Wildman–Crippen MR) is 131 cm³/mol. The van der Waals surface area contributed by atoms with E-state index in [2.05, 4.69) is 5.32 Å². The van der Waals surface area contributed by atoms with E-state index in [9.17, 15) is 9.59 Å². The summed E-state index contributed by atoms with van der Waals surface area (Å²) in [6.07, 6.45) is 1.68. The molecule has 0 aliphatic heterocycles. The van der Waals surface area contributed by atoms with Crippen LogP contribution in [-0.4, -0.2) is 34.6 Å². The van der Waals surface area contributed by atoms with E-state index in [-0.39, 0.29) is 24.4 Å². The number of rotatable bonds is 11. The summed E-state index contributed by atoms with van der Waals surface area (Å²) in [5, 5.41) is 4.04. The molecule has 0 fully saturated rings. The summed E-state index contributed by atoms with van der Waals surface area (Å²) in [7, 11) is 0. The number of hydrogen-bond donors (Lipinski definition) is 1. The lowest BCUT2D eigenvalue weighted by Gasteiger charge is -2.31. The number of nitrogens with one attached hydrogen (secondary N) is 1. The molecule has 2 aromatic rings. The van der Waals surface area contributed by atoms with Gasteiger partial charge in [0.25, 0.3) is 0 Å². The van der Waals surface area contributed by atoms with Crippen molar-refractivity contribution in [1.82, 2.24) is 10.2 Å². The largest absolute Gasteiger partial charge is 0.352 e. The van der Waals surface area contributed by atoms with Gasteiger partial charge in [-0.1, -0.05) is 61.3 Å². The maximum absolute atomic E-state index is 13.2. The van der Waals surface area contributed by atoms with Crippen molar-refractivity contribution in [2.45, 2.75) is 63.6 Å². The van der Waals surface area contributed by atoms with Crippen LogP contribution in [0.3, 0.4) is 0 Å². The minimum absolute atomic E-state index is 0.0475. The highest BCUT2D eigenvalue weighted by atomic mass is 35.5. The third-order valence-electron chi connectivity index (χ3n) is 5.07. The Morgan fingerprint density at radius 3 is 2.39 bits per heavy atom. The Hall–Kier alpha value is -1.69. The van der Waals surface area contributed by atoms with Crippen LogP contribution in [-0.2, 0) is 16.1 Å². The molecule has 2 amide bonds. The van der Waals surface area contributed by atoms with E-state index in [1.54, 1.807) is 28.8 Å². The third kappa shape index (κ3) is 8.06. The zero-order valence-electron chi connectivity index (χ0n) is 18.2. The van der Waals surface area contributed by atoms with Crippen molar-refractivity contribution in [3.8, 4) is 0 Å². The number of benzene rings is 2. The first-order valence-corrected chi connectivity index (χ1v) is 12.3. The Balaban J connectivity index is 2.18. The summed E-state index contributed by atoms with van der Waals surface area (Å²) in [4.78, 5) is 29.0. The number of carbonyl (C=O) groups is 2. The summed E-state index contributed by atoms with van der Waals surface area (Å²) in [6, 6.07) is 14.7. The smallest absolute Gasteiger partial charge is 0.243 e. The second-order valence-corrected chi connectivity index (χ2v) is 9.42. The van der Waals surface area contributed by atoms with Crippen molar-refractivity contribution in [3.05, 3.63) is 64.1 Å². The molecule has 1 N–H and O–H groups in total. The van der Waals surface area contributed by atoms with Gasteiger partial charge < -0.3 is 10.2 Å². The summed E-state index contributed by atoms with van der Waals surface area (Å²) in [6.45, 7) is 6.16. The second kappa shape index (κ2) is 13.0. The predicted octanol–water partition coefficient (Wildman–Crippen LogP) is 6.20. The first kappa shape index (κ1) is 25.6. The number of carbonyl (C=O) groups excluding carboxylic acids is 2. The molecule has 0 saturated carbocycles. The molecule has 0 radical (unpaired) electrons. The number of amides is 2. The van der Waals surface area contributed by atoms with Gasteiger partial charge in [0, 0.05) is 39.7 Å². The SMILES string of the molecule is CC[C@H](C(=O)N[C@@H](C)CC)N(Cc1ccc(Cl)cc1Cl)C(=O)CCSc1ccccc1. The molecule has 4 nitrogen and oxygen atoms in total. The standard InChI is InChI=1S/C24H30Cl2N2O2S/c1-4-17(3)27-24(30)22(5-2)28(16-18-11-12-19(25)15-21(18)26)23(29)13-14-31-20-9-7-6-8-10-20/h6-12,15,17,22H,4-5,13-14,16H2,1-3H3,(H,27,30)/t17-,22+/m0/s1. The lowest BCUT2D eigenvalue weighted by molar-refractivity contribution is -0.141. The molecule has 31 heavy (non-hydrogen) atoms.